The number of carbonyl (C=O) groups is 1. The van der Waals surface area contributed by atoms with Crippen molar-refractivity contribution in [1.82, 2.24) is 4.57 Å². The van der Waals surface area contributed by atoms with Crippen LogP contribution in [0.2, 0.25) is 0 Å². The molecule has 8 heteroatoms. The highest BCUT2D eigenvalue weighted by Gasteiger charge is 2.34. The fourth-order valence-electron chi connectivity index (χ4n) is 4.17. The Morgan fingerprint density at radius 3 is 2.62 bits per heavy atom. The Labute approximate surface area is 185 Å². The number of Topliss-reactive ketones (excluding diaryl/α,β-unsaturated/α-hetero) is 1. The Hall–Kier alpha value is -3.39. The van der Waals surface area contributed by atoms with Crippen molar-refractivity contribution in [3.8, 4) is 5.75 Å². The van der Waals surface area contributed by atoms with E-state index in [0.717, 1.165) is 29.0 Å². The number of fused-ring (bicyclic) bond motifs is 1. The van der Waals surface area contributed by atoms with Crippen molar-refractivity contribution >= 4 is 23.2 Å². The van der Waals surface area contributed by atoms with E-state index in [9.17, 15) is 18.4 Å². The predicted octanol–water partition coefficient (Wildman–Crippen LogP) is 3.26. The molecule has 2 heterocycles. The van der Waals surface area contributed by atoms with Gasteiger partial charge in [0.25, 0.3) is 5.56 Å². The van der Waals surface area contributed by atoms with E-state index in [0.29, 0.717) is 41.1 Å². The number of benzene rings is 2. The van der Waals surface area contributed by atoms with Gasteiger partial charge < -0.3 is 4.74 Å². The first-order valence-corrected chi connectivity index (χ1v) is 10.9. The van der Waals surface area contributed by atoms with Crippen LogP contribution in [0, 0.1) is 11.6 Å². The summed E-state index contributed by atoms with van der Waals surface area (Å²) in [5.41, 5.74) is 1.74. The molecule has 32 heavy (non-hydrogen) atoms. The van der Waals surface area contributed by atoms with Crippen LogP contribution in [0.1, 0.15) is 36.4 Å². The highest BCUT2D eigenvalue weighted by Crippen LogP contribution is 2.36. The van der Waals surface area contributed by atoms with Crippen LogP contribution in [0.3, 0.4) is 0 Å². The summed E-state index contributed by atoms with van der Waals surface area (Å²) in [6.07, 6.45) is 3.18. The zero-order chi connectivity index (χ0) is 22.4. The molecular weight excluding hydrogens is 434 g/mol. The fourth-order valence-corrected chi connectivity index (χ4v) is 5.18. The lowest BCUT2D eigenvalue weighted by Crippen LogP contribution is -2.40. The Bertz CT molecular complexity index is 1450. The predicted molar refractivity (Wildman–Crippen MR) is 116 cm³/mol. The lowest BCUT2D eigenvalue weighted by Gasteiger charge is -2.28. The van der Waals surface area contributed by atoms with Crippen molar-refractivity contribution in [2.45, 2.75) is 25.3 Å². The molecule has 0 saturated carbocycles. The zero-order valence-electron chi connectivity index (χ0n) is 17.1. The lowest BCUT2D eigenvalue weighted by molar-refractivity contribution is -0.116. The number of rotatable bonds is 3. The Kier molecular flexibility index (Phi) is 5.09. The van der Waals surface area contributed by atoms with Crippen molar-refractivity contribution < 1.29 is 18.3 Å². The van der Waals surface area contributed by atoms with Crippen molar-refractivity contribution in [2.24, 2.45) is 4.99 Å². The molecule has 0 bridgehead atoms. The second kappa shape index (κ2) is 7.94. The number of ketones is 1. The number of halogens is 2. The van der Waals surface area contributed by atoms with Crippen LogP contribution in [0.15, 0.2) is 63.5 Å². The summed E-state index contributed by atoms with van der Waals surface area (Å²) in [5, 5.41) is 0. The molecule has 0 amide bonds. The van der Waals surface area contributed by atoms with Crippen molar-refractivity contribution in [2.75, 3.05) is 7.11 Å². The number of nitrogens with zero attached hydrogens (tertiary/aromatic N) is 2. The van der Waals surface area contributed by atoms with Gasteiger partial charge in [0.2, 0.25) is 0 Å². The molecule has 0 spiro atoms. The smallest absolute Gasteiger partial charge is 0.271 e. The molecule has 1 aliphatic heterocycles. The van der Waals surface area contributed by atoms with Crippen molar-refractivity contribution in [1.29, 1.82) is 0 Å². The number of carbonyl (C=O) groups excluding carboxylic acids is 1. The van der Waals surface area contributed by atoms with Gasteiger partial charge in [-0.3, -0.25) is 14.2 Å². The second-order valence-electron chi connectivity index (χ2n) is 7.66. The first-order chi connectivity index (χ1) is 15.5. The SMILES string of the molecule is COc1ccc(C2C3=C(CCCC3=O)N=c3sc(=Cc4ccc(F)cc4F)c(=O)n32)cc1. The summed E-state index contributed by atoms with van der Waals surface area (Å²) >= 11 is 1.13. The quantitative estimate of drug-likeness (QED) is 0.613. The molecule has 1 aliphatic carbocycles. The molecular formula is C24H18F2N2O3S. The third-order valence-corrected chi connectivity index (χ3v) is 6.69. The van der Waals surface area contributed by atoms with Crippen LogP contribution < -0.4 is 19.6 Å². The van der Waals surface area contributed by atoms with Crippen LogP contribution in [0.4, 0.5) is 8.78 Å². The minimum absolute atomic E-state index is 0.0188. The van der Waals surface area contributed by atoms with Gasteiger partial charge in [-0.2, -0.15) is 0 Å². The molecule has 1 unspecified atom stereocenters. The van der Waals surface area contributed by atoms with Gasteiger partial charge in [0.05, 0.1) is 23.4 Å². The first-order valence-electron chi connectivity index (χ1n) is 10.1. The van der Waals surface area contributed by atoms with Crippen molar-refractivity contribution in [3.05, 3.63) is 96.2 Å². The van der Waals surface area contributed by atoms with E-state index in [2.05, 4.69) is 4.99 Å². The third-order valence-electron chi connectivity index (χ3n) is 5.71. The fraction of sp³-hybridized carbons (Fsp3) is 0.208. The average Bonchev–Trinajstić information content (AvgIpc) is 3.09. The molecule has 1 atom stereocenters. The lowest BCUT2D eigenvalue weighted by atomic mass is 9.86. The topological polar surface area (TPSA) is 60.7 Å². The monoisotopic (exact) mass is 452 g/mol. The van der Waals surface area contributed by atoms with Crippen molar-refractivity contribution in [3.63, 3.8) is 0 Å². The Morgan fingerprint density at radius 1 is 1.12 bits per heavy atom. The second-order valence-corrected chi connectivity index (χ2v) is 8.67. The molecule has 0 radical (unpaired) electrons. The van der Waals surface area contributed by atoms with Crippen LogP contribution in [-0.4, -0.2) is 17.5 Å². The number of thiazole rings is 1. The molecule has 0 saturated heterocycles. The number of allylic oxidation sites excluding steroid dienone is 2. The average molecular weight is 452 g/mol. The Morgan fingerprint density at radius 2 is 1.91 bits per heavy atom. The van der Waals surface area contributed by atoms with E-state index in [-0.39, 0.29) is 21.4 Å². The maximum Gasteiger partial charge on any atom is 0.271 e. The largest absolute Gasteiger partial charge is 0.497 e. The summed E-state index contributed by atoms with van der Waals surface area (Å²) in [6.45, 7) is 0. The van der Waals surface area contributed by atoms with E-state index in [1.807, 2.05) is 12.1 Å². The molecule has 1 aromatic heterocycles. The van der Waals surface area contributed by atoms with E-state index >= 15 is 0 Å². The highest BCUT2D eigenvalue weighted by molar-refractivity contribution is 7.07. The summed E-state index contributed by atoms with van der Waals surface area (Å²) in [5.74, 6) is -0.796. The number of methoxy groups -OCH3 is 1. The van der Waals surface area contributed by atoms with Gasteiger partial charge in [0, 0.05) is 23.6 Å². The van der Waals surface area contributed by atoms with E-state index < -0.39 is 17.7 Å². The maximum atomic E-state index is 14.2. The minimum Gasteiger partial charge on any atom is -0.497 e. The van der Waals surface area contributed by atoms with Gasteiger partial charge in [-0.25, -0.2) is 13.8 Å². The highest BCUT2D eigenvalue weighted by atomic mass is 32.1. The molecule has 0 fully saturated rings. The normalized spacial score (nSPS) is 18.3. The van der Waals surface area contributed by atoms with Gasteiger partial charge in [-0.15, -0.1) is 0 Å². The van der Waals surface area contributed by atoms with Gasteiger partial charge in [-0.1, -0.05) is 23.5 Å². The summed E-state index contributed by atoms with van der Waals surface area (Å²) in [7, 11) is 1.57. The van der Waals surface area contributed by atoms with E-state index in [1.54, 1.807) is 19.2 Å². The summed E-state index contributed by atoms with van der Waals surface area (Å²) < 4.78 is 34.5. The standard InChI is InChI=1S/C24H18F2N2O3S/c1-31-16-9-6-13(7-10-16)22-21-18(3-2-4-19(21)29)27-24-28(22)23(30)20(32-24)11-14-5-8-15(25)12-17(14)26/h5-12,22H,2-4H2,1H3. The third kappa shape index (κ3) is 3.40. The summed E-state index contributed by atoms with van der Waals surface area (Å²) in [4.78, 5) is 31.4. The van der Waals surface area contributed by atoms with Crippen LogP contribution in [-0.2, 0) is 4.79 Å². The molecule has 2 aromatic carbocycles. The van der Waals surface area contributed by atoms with Gasteiger partial charge in [0.15, 0.2) is 10.6 Å². The number of ether oxygens (including phenoxy) is 1. The van der Waals surface area contributed by atoms with Gasteiger partial charge >= 0.3 is 0 Å². The van der Waals surface area contributed by atoms with Gasteiger partial charge in [0.1, 0.15) is 17.4 Å². The number of hydrogen-bond acceptors (Lipinski definition) is 5. The van der Waals surface area contributed by atoms with E-state index in [1.165, 1.54) is 16.7 Å². The Balaban J connectivity index is 1.74. The first kappa shape index (κ1) is 20.5. The summed E-state index contributed by atoms with van der Waals surface area (Å²) in [6, 6.07) is 9.83. The van der Waals surface area contributed by atoms with Crippen LogP contribution >= 0.6 is 11.3 Å². The van der Waals surface area contributed by atoms with Gasteiger partial charge in [-0.05, 0) is 48.7 Å². The molecule has 2 aliphatic rings. The minimum atomic E-state index is -0.753. The number of aromatic nitrogens is 1. The van der Waals surface area contributed by atoms with Crippen LogP contribution in [0.25, 0.3) is 6.08 Å². The molecule has 162 valence electrons. The molecule has 5 rings (SSSR count). The van der Waals surface area contributed by atoms with E-state index in [4.69, 9.17) is 4.74 Å². The van der Waals surface area contributed by atoms with Crippen LogP contribution in [0.5, 0.6) is 5.75 Å². The number of hydrogen-bond donors (Lipinski definition) is 0. The zero-order valence-corrected chi connectivity index (χ0v) is 17.9. The maximum absolute atomic E-state index is 14.2. The molecule has 0 N–H and O–H groups in total. The molecule has 5 nitrogen and oxygen atoms in total. The molecule has 3 aromatic rings.